The van der Waals surface area contributed by atoms with Gasteiger partial charge in [-0.05, 0) is 44.5 Å². The van der Waals surface area contributed by atoms with E-state index in [2.05, 4.69) is 10.3 Å². The molecule has 0 fully saturated rings. The van der Waals surface area contributed by atoms with Crippen molar-refractivity contribution in [3.63, 3.8) is 0 Å². The lowest BCUT2D eigenvalue weighted by atomic mass is 10.2. The fraction of sp³-hybridized carbons (Fsp3) is 0.263. The molecule has 0 saturated carbocycles. The van der Waals surface area contributed by atoms with Crippen LogP contribution in [0.15, 0.2) is 48.7 Å². The average Bonchev–Trinajstić information content (AvgIpc) is 2.94. The Labute approximate surface area is 141 Å². The number of para-hydroxylation sites is 2. The highest BCUT2D eigenvalue weighted by Crippen LogP contribution is 2.26. The van der Waals surface area contributed by atoms with Gasteiger partial charge in [0.1, 0.15) is 17.1 Å². The highest BCUT2D eigenvalue weighted by atomic mass is 16.5. The molecule has 1 aromatic carbocycles. The fourth-order valence-corrected chi connectivity index (χ4v) is 2.64. The predicted octanol–water partition coefficient (Wildman–Crippen LogP) is 3.94. The van der Waals surface area contributed by atoms with Crippen LogP contribution in [0.1, 0.15) is 37.0 Å². The Morgan fingerprint density at radius 1 is 1.21 bits per heavy atom. The molecule has 1 amide bonds. The molecule has 0 saturated heterocycles. The van der Waals surface area contributed by atoms with Crippen LogP contribution in [0.2, 0.25) is 0 Å². The minimum atomic E-state index is -0.189. The van der Waals surface area contributed by atoms with Crippen molar-refractivity contribution in [2.75, 3.05) is 5.32 Å². The largest absolute Gasteiger partial charge is 0.489 e. The number of benzene rings is 1. The van der Waals surface area contributed by atoms with Gasteiger partial charge in [0, 0.05) is 6.20 Å². The first kappa shape index (κ1) is 16.1. The third-order valence-corrected chi connectivity index (χ3v) is 3.65. The van der Waals surface area contributed by atoms with Crippen LogP contribution in [0, 0.1) is 0 Å². The lowest BCUT2D eigenvalue weighted by Gasteiger charge is -2.15. The molecule has 0 bridgehead atoms. The number of hydrogen-bond donors (Lipinski definition) is 1. The maximum absolute atomic E-state index is 12.9. The summed E-state index contributed by atoms with van der Waals surface area (Å²) in [7, 11) is 0. The van der Waals surface area contributed by atoms with Gasteiger partial charge in [0.2, 0.25) is 0 Å². The third kappa shape index (κ3) is 3.11. The van der Waals surface area contributed by atoms with E-state index in [1.165, 1.54) is 0 Å². The van der Waals surface area contributed by atoms with Crippen molar-refractivity contribution in [2.45, 2.75) is 33.3 Å². The molecule has 24 heavy (non-hydrogen) atoms. The average molecular weight is 323 g/mol. The summed E-state index contributed by atoms with van der Waals surface area (Å²) >= 11 is 0. The maximum Gasteiger partial charge on any atom is 0.274 e. The molecule has 0 atom stereocenters. The van der Waals surface area contributed by atoms with Crippen molar-refractivity contribution in [1.82, 2.24) is 9.38 Å². The van der Waals surface area contributed by atoms with E-state index >= 15 is 0 Å². The van der Waals surface area contributed by atoms with Crippen molar-refractivity contribution < 1.29 is 9.53 Å². The van der Waals surface area contributed by atoms with Gasteiger partial charge in [0.05, 0.1) is 17.5 Å². The summed E-state index contributed by atoms with van der Waals surface area (Å²) in [6.45, 7) is 5.91. The number of ether oxygens (including phenoxy) is 1. The number of carbonyl (C=O) groups is 1. The number of pyridine rings is 1. The summed E-state index contributed by atoms with van der Waals surface area (Å²) in [6.07, 6.45) is 2.58. The lowest BCUT2D eigenvalue weighted by Crippen LogP contribution is -2.17. The number of carbonyl (C=O) groups excluding carboxylic acids is 1. The number of fused-ring (bicyclic) bond motifs is 1. The van der Waals surface area contributed by atoms with E-state index in [9.17, 15) is 4.79 Å². The highest BCUT2D eigenvalue weighted by Gasteiger charge is 2.19. The lowest BCUT2D eigenvalue weighted by molar-refractivity contribution is 0.101. The van der Waals surface area contributed by atoms with Crippen LogP contribution in [0.3, 0.4) is 0 Å². The summed E-state index contributed by atoms with van der Waals surface area (Å²) in [6, 6.07) is 13.1. The van der Waals surface area contributed by atoms with Crippen LogP contribution in [-0.2, 0) is 6.42 Å². The normalized spacial score (nSPS) is 11.0. The van der Waals surface area contributed by atoms with Gasteiger partial charge in [0.25, 0.3) is 5.91 Å². The van der Waals surface area contributed by atoms with Crippen LogP contribution in [0.5, 0.6) is 5.75 Å². The van der Waals surface area contributed by atoms with E-state index in [0.717, 1.165) is 11.3 Å². The Hall–Kier alpha value is -2.82. The summed E-state index contributed by atoms with van der Waals surface area (Å²) in [5.41, 5.74) is 2.77. The number of hydrogen-bond acceptors (Lipinski definition) is 3. The van der Waals surface area contributed by atoms with Crippen LogP contribution in [0.4, 0.5) is 5.69 Å². The van der Waals surface area contributed by atoms with Crippen LogP contribution in [0.25, 0.3) is 5.65 Å². The Morgan fingerprint density at radius 3 is 2.71 bits per heavy atom. The van der Waals surface area contributed by atoms with Gasteiger partial charge in [-0.25, -0.2) is 4.98 Å². The summed E-state index contributed by atoms with van der Waals surface area (Å²) in [5, 5.41) is 2.96. The minimum absolute atomic E-state index is 0.0325. The maximum atomic E-state index is 12.9. The number of amides is 1. The smallest absolute Gasteiger partial charge is 0.274 e. The van der Waals surface area contributed by atoms with E-state index in [1.807, 2.05) is 73.8 Å². The van der Waals surface area contributed by atoms with Gasteiger partial charge in [-0.1, -0.05) is 25.1 Å². The van der Waals surface area contributed by atoms with Crippen LogP contribution < -0.4 is 10.1 Å². The number of aryl methyl sites for hydroxylation is 1. The minimum Gasteiger partial charge on any atom is -0.489 e. The Kier molecular flexibility index (Phi) is 4.51. The van der Waals surface area contributed by atoms with Gasteiger partial charge in [-0.15, -0.1) is 0 Å². The van der Waals surface area contributed by atoms with Gasteiger partial charge < -0.3 is 10.1 Å². The van der Waals surface area contributed by atoms with Gasteiger partial charge in [0.15, 0.2) is 0 Å². The molecule has 1 N–H and O–H groups in total. The number of aromatic nitrogens is 2. The highest BCUT2D eigenvalue weighted by molar-refractivity contribution is 6.05. The van der Waals surface area contributed by atoms with Crippen molar-refractivity contribution in [3.8, 4) is 5.75 Å². The molecular formula is C19H21N3O2. The molecule has 0 aliphatic carbocycles. The number of imidazole rings is 1. The van der Waals surface area contributed by atoms with Crippen LogP contribution >= 0.6 is 0 Å². The Morgan fingerprint density at radius 2 is 1.96 bits per heavy atom. The molecule has 2 aromatic heterocycles. The standard InChI is InChI=1S/C19H21N3O2/c1-4-14-18(22-12-8-7-11-17(22)20-14)19(23)21-15-9-5-6-10-16(15)24-13(2)3/h5-13H,4H2,1-3H3,(H,21,23). The predicted molar refractivity (Wildman–Crippen MR) is 94.7 cm³/mol. The van der Waals surface area contributed by atoms with Gasteiger partial charge in [-0.2, -0.15) is 0 Å². The van der Waals surface area contributed by atoms with E-state index in [1.54, 1.807) is 0 Å². The van der Waals surface area contributed by atoms with Crippen molar-refractivity contribution in [3.05, 3.63) is 60.0 Å². The zero-order valence-corrected chi connectivity index (χ0v) is 14.1. The first-order valence-electron chi connectivity index (χ1n) is 8.13. The zero-order chi connectivity index (χ0) is 17.1. The molecule has 0 aliphatic heterocycles. The van der Waals surface area contributed by atoms with Crippen molar-refractivity contribution >= 4 is 17.2 Å². The number of nitrogens with one attached hydrogen (secondary N) is 1. The molecule has 2 heterocycles. The molecule has 3 rings (SSSR count). The van der Waals surface area contributed by atoms with E-state index < -0.39 is 0 Å². The number of nitrogens with zero attached hydrogens (tertiary/aromatic N) is 2. The quantitative estimate of drug-likeness (QED) is 0.774. The van der Waals surface area contributed by atoms with Gasteiger partial charge in [-0.3, -0.25) is 9.20 Å². The topological polar surface area (TPSA) is 55.6 Å². The molecule has 124 valence electrons. The van der Waals surface area contributed by atoms with E-state index in [4.69, 9.17) is 4.74 Å². The molecular weight excluding hydrogens is 302 g/mol. The molecule has 0 unspecified atom stereocenters. The molecule has 5 nitrogen and oxygen atoms in total. The molecule has 3 aromatic rings. The monoisotopic (exact) mass is 323 g/mol. The van der Waals surface area contributed by atoms with E-state index in [0.29, 0.717) is 23.6 Å². The molecule has 0 radical (unpaired) electrons. The molecule has 0 aliphatic rings. The molecule has 5 heteroatoms. The Bertz CT molecular complexity index is 868. The summed E-state index contributed by atoms with van der Waals surface area (Å²) < 4.78 is 7.59. The second-order valence-corrected chi connectivity index (χ2v) is 5.81. The van der Waals surface area contributed by atoms with Crippen molar-refractivity contribution in [2.24, 2.45) is 0 Å². The third-order valence-electron chi connectivity index (χ3n) is 3.65. The summed E-state index contributed by atoms with van der Waals surface area (Å²) in [4.78, 5) is 17.4. The Balaban J connectivity index is 1.97. The van der Waals surface area contributed by atoms with E-state index in [-0.39, 0.29) is 12.0 Å². The molecule has 0 spiro atoms. The SMILES string of the molecule is CCc1nc2ccccn2c1C(=O)Nc1ccccc1OC(C)C. The second kappa shape index (κ2) is 6.74. The number of anilines is 1. The van der Waals surface area contributed by atoms with Crippen LogP contribution in [-0.4, -0.2) is 21.4 Å². The van der Waals surface area contributed by atoms with Gasteiger partial charge >= 0.3 is 0 Å². The number of rotatable bonds is 5. The summed E-state index contributed by atoms with van der Waals surface area (Å²) in [5.74, 6) is 0.470. The first-order chi connectivity index (χ1) is 11.6. The van der Waals surface area contributed by atoms with Crippen molar-refractivity contribution in [1.29, 1.82) is 0 Å². The first-order valence-corrected chi connectivity index (χ1v) is 8.13. The zero-order valence-electron chi connectivity index (χ0n) is 14.1. The fourth-order valence-electron chi connectivity index (χ4n) is 2.64. The second-order valence-electron chi connectivity index (χ2n) is 5.81.